The van der Waals surface area contributed by atoms with Crippen molar-refractivity contribution in [3.63, 3.8) is 0 Å². The van der Waals surface area contributed by atoms with Gasteiger partial charge in [0, 0.05) is 26.5 Å². The largest absolute Gasteiger partial charge is 0.492 e. The van der Waals surface area contributed by atoms with Crippen molar-refractivity contribution in [3.05, 3.63) is 59.2 Å². The summed E-state index contributed by atoms with van der Waals surface area (Å²) >= 11 is 0. The summed E-state index contributed by atoms with van der Waals surface area (Å²) in [4.78, 5) is 25.2. The van der Waals surface area contributed by atoms with E-state index in [0.717, 1.165) is 24.8 Å². The van der Waals surface area contributed by atoms with E-state index < -0.39 is 43.1 Å². The number of halogens is 5. The number of carboxylic acids is 1. The highest BCUT2D eigenvalue weighted by molar-refractivity contribution is 5.72. The molecule has 1 aliphatic rings. The second-order valence-electron chi connectivity index (χ2n) is 9.56. The van der Waals surface area contributed by atoms with E-state index in [9.17, 15) is 31.5 Å². The Morgan fingerprint density at radius 1 is 0.950 bits per heavy atom. The molecule has 1 aliphatic carbocycles. The summed E-state index contributed by atoms with van der Waals surface area (Å²) in [5.74, 6) is -5.13. The van der Waals surface area contributed by atoms with Crippen molar-refractivity contribution >= 4 is 12.1 Å². The molecule has 7 nitrogen and oxygen atoms in total. The predicted octanol–water partition coefficient (Wildman–Crippen LogP) is 6.07. The molecule has 3 rings (SSSR count). The van der Waals surface area contributed by atoms with E-state index in [2.05, 4.69) is 0 Å². The molecule has 40 heavy (non-hydrogen) atoms. The zero-order valence-electron chi connectivity index (χ0n) is 22.0. The lowest BCUT2D eigenvalue weighted by Crippen LogP contribution is -2.38. The van der Waals surface area contributed by atoms with Gasteiger partial charge in [-0.1, -0.05) is 18.2 Å². The Labute approximate surface area is 228 Å². The first-order valence-electron chi connectivity index (χ1n) is 12.9. The second kappa shape index (κ2) is 13.8. The van der Waals surface area contributed by atoms with Crippen LogP contribution in [0.2, 0.25) is 0 Å². The maximum absolute atomic E-state index is 13.3. The fraction of sp³-hybridized carbons (Fsp3) is 0.500. The number of methoxy groups -OCH3 is 1. The highest BCUT2D eigenvalue weighted by Gasteiger charge is 2.56. The van der Waals surface area contributed by atoms with Crippen molar-refractivity contribution < 1.29 is 50.9 Å². The van der Waals surface area contributed by atoms with E-state index in [-0.39, 0.29) is 32.5 Å². The van der Waals surface area contributed by atoms with E-state index >= 15 is 0 Å². The molecule has 0 radical (unpaired) electrons. The van der Waals surface area contributed by atoms with E-state index in [1.807, 2.05) is 6.07 Å². The van der Waals surface area contributed by atoms with Crippen molar-refractivity contribution in [1.29, 1.82) is 0 Å². The Morgan fingerprint density at radius 2 is 1.62 bits per heavy atom. The number of aliphatic carboxylic acids is 1. The Bertz CT molecular complexity index is 1140. The minimum absolute atomic E-state index is 0.00678. The number of aryl methyl sites for hydroxylation is 2. The monoisotopic (exact) mass is 573 g/mol. The van der Waals surface area contributed by atoms with E-state index in [1.54, 1.807) is 36.4 Å². The highest BCUT2D eigenvalue weighted by Crippen LogP contribution is 2.39. The van der Waals surface area contributed by atoms with Crippen LogP contribution in [0.4, 0.5) is 26.7 Å². The summed E-state index contributed by atoms with van der Waals surface area (Å²) in [6.45, 7) is -0.118. The second-order valence-corrected chi connectivity index (χ2v) is 9.56. The normalized spacial score (nSPS) is 13.9. The summed E-state index contributed by atoms with van der Waals surface area (Å²) in [7, 11) is 1.30. The van der Waals surface area contributed by atoms with Gasteiger partial charge in [0.2, 0.25) is 0 Å². The lowest BCUT2D eigenvalue weighted by atomic mass is 10.1. The molecule has 1 amide bonds. The lowest BCUT2D eigenvalue weighted by Gasteiger charge is -2.23. The van der Waals surface area contributed by atoms with Crippen LogP contribution in [0.3, 0.4) is 0 Å². The molecule has 2 aromatic rings. The number of hydrogen-bond acceptors (Lipinski definition) is 5. The molecule has 0 bridgehead atoms. The molecule has 0 heterocycles. The van der Waals surface area contributed by atoms with Gasteiger partial charge in [-0.25, -0.2) is 9.59 Å². The molecular formula is C28H32F5NO6. The number of alkyl halides is 5. The molecule has 0 fully saturated rings. The minimum atomic E-state index is -5.62. The molecule has 1 atom stereocenters. The fourth-order valence-electron chi connectivity index (χ4n) is 4.34. The van der Waals surface area contributed by atoms with Gasteiger partial charge in [0.05, 0.1) is 6.54 Å². The Kier molecular flexibility index (Phi) is 10.7. The van der Waals surface area contributed by atoms with Crippen LogP contribution in [-0.4, -0.2) is 67.1 Å². The standard InChI is InChI=1S/C28H32F5NO6/c1-38-24(25(35)36)17-19-7-10-22(11-8-19)39-16-15-34(14-3-2-13-27(29,30)28(31,32)33)26(37)40-23-12-9-20-5-4-6-21(20)18-23/h7-12,18,24H,2-6,13-17H2,1H3,(H,35,36). The number of hydrogen-bond donors (Lipinski definition) is 1. The first-order valence-corrected chi connectivity index (χ1v) is 12.9. The van der Waals surface area contributed by atoms with Gasteiger partial charge in [-0.2, -0.15) is 22.0 Å². The van der Waals surface area contributed by atoms with Gasteiger partial charge < -0.3 is 24.2 Å². The summed E-state index contributed by atoms with van der Waals surface area (Å²) < 4.78 is 80.0. The molecule has 2 aromatic carbocycles. The number of nitrogens with zero attached hydrogens (tertiary/aromatic N) is 1. The number of rotatable bonds is 14. The topological polar surface area (TPSA) is 85.3 Å². The van der Waals surface area contributed by atoms with Crippen LogP contribution in [0.5, 0.6) is 11.5 Å². The van der Waals surface area contributed by atoms with Gasteiger partial charge in [-0.05, 0) is 73.1 Å². The smallest absolute Gasteiger partial charge is 0.453 e. The predicted molar refractivity (Wildman–Crippen MR) is 135 cm³/mol. The molecule has 1 N–H and O–H groups in total. The van der Waals surface area contributed by atoms with E-state index in [1.165, 1.54) is 17.6 Å². The van der Waals surface area contributed by atoms with E-state index in [4.69, 9.17) is 19.3 Å². The van der Waals surface area contributed by atoms with Crippen LogP contribution in [0.25, 0.3) is 0 Å². The molecule has 0 aromatic heterocycles. The molecule has 0 saturated carbocycles. The molecule has 1 unspecified atom stereocenters. The Balaban J connectivity index is 1.57. The van der Waals surface area contributed by atoms with Crippen LogP contribution in [0.1, 0.15) is 42.4 Å². The quantitative estimate of drug-likeness (QED) is 0.218. The molecule has 0 saturated heterocycles. The summed E-state index contributed by atoms with van der Waals surface area (Å²) in [6, 6.07) is 11.9. The van der Waals surface area contributed by atoms with Crippen molar-refractivity contribution in [1.82, 2.24) is 4.90 Å². The number of amides is 1. The third kappa shape index (κ3) is 8.80. The summed E-state index contributed by atoms with van der Waals surface area (Å²) in [6.07, 6.45) is -6.32. The lowest BCUT2D eigenvalue weighted by molar-refractivity contribution is -0.284. The fourth-order valence-corrected chi connectivity index (χ4v) is 4.34. The first kappa shape index (κ1) is 31.1. The average Bonchev–Trinajstić information content (AvgIpc) is 3.36. The van der Waals surface area contributed by atoms with Gasteiger partial charge >= 0.3 is 24.2 Å². The maximum atomic E-state index is 13.3. The average molecular weight is 574 g/mol. The van der Waals surface area contributed by atoms with Gasteiger partial charge in [0.25, 0.3) is 0 Å². The number of carboxylic acid groups (broad SMARTS) is 1. The third-order valence-electron chi connectivity index (χ3n) is 6.65. The third-order valence-corrected chi connectivity index (χ3v) is 6.65. The zero-order valence-corrected chi connectivity index (χ0v) is 22.0. The van der Waals surface area contributed by atoms with Gasteiger partial charge in [0.15, 0.2) is 6.10 Å². The van der Waals surface area contributed by atoms with Crippen molar-refractivity contribution in [2.45, 2.75) is 63.1 Å². The zero-order chi connectivity index (χ0) is 29.3. The van der Waals surface area contributed by atoms with Crippen LogP contribution < -0.4 is 9.47 Å². The van der Waals surface area contributed by atoms with Crippen LogP contribution >= 0.6 is 0 Å². The summed E-state index contributed by atoms with van der Waals surface area (Å²) in [5, 5.41) is 9.11. The van der Waals surface area contributed by atoms with Crippen molar-refractivity contribution in [2.24, 2.45) is 0 Å². The van der Waals surface area contributed by atoms with Crippen molar-refractivity contribution in [2.75, 3.05) is 26.8 Å². The van der Waals surface area contributed by atoms with Crippen molar-refractivity contribution in [3.8, 4) is 11.5 Å². The number of carbonyl (C=O) groups is 2. The van der Waals surface area contributed by atoms with Gasteiger partial charge in [-0.15, -0.1) is 0 Å². The molecule has 220 valence electrons. The maximum Gasteiger partial charge on any atom is 0.453 e. The summed E-state index contributed by atoms with van der Waals surface area (Å²) in [5.41, 5.74) is 2.97. The Morgan fingerprint density at radius 3 is 2.27 bits per heavy atom. The minimum Gasteiger partial charge on any atom is -0.492 e. The van der Waals surface area contributed by atoms with Gasteiger partial charge in [-0.3, -0.25) is 0 Å². The highest BCUT2D eigenvalue weighted by atomic mass is 19.4. The number of carbonyl (C=O) groups excluding carboxylic acids is 1. The van der Waals surface area contributed by atoms with E-state index in [0.29, 0.717) is 17.1 Å². The number of benzene rings is 2. The molecule has 12 heteroatoms. The molecular weight excluding hydrogens is 541 g/mol. The van der Waals surface area contributed by atoms with Crippen LogP contribution in [-0.2, 0) is 28.8 Å². The van der Waals surface area contributed by atoms with Gasteiger partial charge in [0.1, 0.15) is 18.1 Å². The number of fused-ring (bicyclic) bond motifs is 1. The van der Waals surface area contributed by atoms with Crippen LogP contribution in [0, 0.1) is 0 Å². The number of ether oxygens (including phenoxy) is 3. The SMILES string of the molecule is COC(Cc1ccc(OCCN(CCCCC(F)(F)C(F)(F)F)C(=O)Oc2ccc3c(c2)CCC3)cc1)C(=O)O. The Hall–Kier alpha value is -3.41. The first-order chi connectivity index (χ1) is 18.9. The molecule has 0 spiro atoms. The number of unbranched alkanes of at least 4 members (excludes halogenated alkanes) is 1. The van der Waals surface area contributed by atoms with Crippen LogP contribution in [0.15, 0.2) is 42.5 Å². The molecule has 0 aliphatic heterocycles.